The predicted octanol–water partition coefficient (Wildman–Crippen LogP) is 3.75. The molecule has 2 rings (SSSR count). The van der Waals surface area contributed by atoms with Crippen LogP contribution in [-0.2, 0) is 16.0 Å². The lowest BCUT2D eigenvalue weighted by atomic mass is 10.1. The number of nitrogens with one attached hydrogen (secondary N) is 2. The van der Waals surface area contributed by atoms with Gasteiger partial charge in [0.15, 0.2) is 0 Å². The van der Waals surface area contributed by atoms with Crippen molar-refractivity contribution in [1.82, 2.24) is 0 Å². The van der Waals surface area contributed by atoms with Crippen LogP contribution in [0.1, 0.15) is 31.6 Å². The maximum Gasteiger partial charge on any atom is 0.226 e. The Morgan fingerprint density at radius 1 is 1.17 bits per heavy atom. The van der Waals surface area contributed by atoms with Crippen LogP contribution in [0, 0.1) is 12.8 Å². The first-order valence-corrected chi connectivity index (χ1v) is 7.69. The van der Waals surface area contributed by atoms with Crippen molar-refractivity contribution in [3.63, 3.8) is 0 Å². The lowest BCUT2D eigenvalue weighted by Crippen LogP contribution is -2.18. The molecule has 0 spiro atoms. The SMILES string of the molecule is Cc1ccc(NC(=O)C(C)C)cc1NC(=O)CCc1ccco1. The van der Waals surface area contributed by atoms with Gasteiger partial charge in [-0.1, -0.05) is 19.9 Å². The van der Waals surface area contributed by atoms with Gasteiger partial charge < -0.3 is 15.1 Å². The number of aryl methyl sites for hydroxylation is 2. The summed E-state index contributed by atoms with van der Waals surface area (Å²) in [6.07, 6.45) is 2.50. The second-order valence-corrected chi connectivity index (χ2v) is 5.80. The van der Waals surface area contributed by atoms with E-state index in [1.54, 1.807) is 18.4 Å². The summed E-state index contributed by atoms with van der Waals surface area (Å²) in [5.74, 6) is 0.554. The number of hydrogen-bond acceptors (Lipinski definition) is 3. The highest BCUT2D eigenvalue weighted by Crippen LogP contribution is 2.21. The van der Waals surface area contributed by atoms with Gasteiger partial charge in [0.2, 0.25) is 11.8 Å². The molecular weight excluding hydrogens is 292 g/mol. The van der Waals surface area contributed by atoms with Gasteiger partial charge in [-0.05, 0) is 36.8 Å². The number of rotatable bonds is 6. The van der Waals surface area contributed by atoms with Gasteiger partial charge in [0.1, 0.15) is 5.76 Å². The Morgan fingerprint density at radius 3 is 2.61 bits per heavy atom. The summed E-state index contributed by atoms with van der Waals surface area (Å²) >= 11 is 0. The summed E-state index contributed by atoms with van der Waals surface area (Å²) in [5.41, 5.74) is 2.32. The quantitative estimate of drug-likeness (QED) is 0.853. The number of furan rings is 1. The zero-order chi connectivity index (χ0) is 16.8. The summed E-state index contributed by atoms with van der Waals surface area (Å²) in [6, 6.07) is 9.13. The van der Waals surface area contributed by atoms with Gasteiger partial charge in [0.05, 0.1) is 6.26 Å². The summed E-state index contributed by atoms with van der Waals surface area (Å²) in [6.45, 7) is 5.58. The van der Waals surface area contributed by atoms with Crippen LogP contribution < -0.4 is 10.6 Å². The summed E-state index contributed by atoms with van der Waals surface area (Å²) in [7, 11) is 0. The highest BCUT2D eigenvalue weighted by atomic mass is 16.3. The molecule has 0 aliphatic heterocycles. The molecule has 0 fully saturated rings. The summed E-state index contributed by atoms with van der Waals surface area (Å²) in [5, 5.41) is 5.71. The highest BCUT2D eigenvalue weighted by Gasteiger charge is 2.10. The van der Waals surface area contributed by atoms with E-state index in [-0.39, 0.29) is 17.7 Å². The largest absolute Gasteiger partial charge is 0.469 e. The molecule has 0 aliphatic carbocycles. The molecule has 122 valence electrons. The van der Waals surface area contributed by atoms with Crippen molar-refractivity contribution in [2.45, 2.75) is 33.6 Å². The Bertz CT molecular complexity index is 676. The lowest BCUT2D eigenvalue weighted by Gasteiger charge is -2.12. The molecule has 23 heavy (non-hydrogen) atoms. The van der Waals surface area contributed by atoms with E-state index in [2.05, 4.69) is 10.6 Å². The van der Waals surface area contributed by atoms with E-state index in [1.807, 2.05) is 39.0 Å². The Balaban J connectivity index is 1.98. The van der Waals surface area contributed by atoms with Crippen molar-refractivity contribution >= 4 is 23.2 Å². The third-order valence-electron chi connectivity index (χ3n) is 3.48. The standard InChI is InChI=1S/C18H22N2O3/c1-12(2)18(22)19-14-7-6-13(3)16(11-14)20-17(21)9-8-15-5-4-10-23-15/h4-7,10-12H,8-9H2,1-3H3,(H,19,22)(H,20,21). The van der Waals surface area contributed by atoms with Gasteiger partial charge in [0.25, 0.3) is 0 Å². The number of carbonyl (C=O) groups excluding carboxylic acids is 2. The second-order valence-electron chi connectivity index (χ2n) is 5.80. The Morgan fingerprint density at radius 2 is 1.96 bits per heavy atom. The minimum Gasteiger partial charge on any atom is -0.469 e. The molecule has 0 aliphatic rings. The van der Waals surface area contributed by atoms with Crippen molar-refractivity contribution in [3.8, 4) is 0 Å². The van der Waals surface area contributed by atoms with Gasteiger partial charge in [-0.3, -0.25) is 9.59 Å². The average Bonchev–Trinajstić information content (AvgIpc) is 3.02. The van der Waals surface area contributed by atoms with E-state index in [9.17, 15) is 9.59 Å². The molecule has 5 nitrogen and oxygen atoms in total. The first kappa shape index (κ1) is 16.8. The monoisotopic (exact) mass is 314 g/mol. The molecule has 0 unspecified atom stereocenters. The molecule has 0 radical (unpaired) electrons. The van der Waals surface area contributed by atoms with E-state index >= 15 is 0 Å². The van der Waals surface area contributed by atoms with Crippen molar-refractivity contribution in [1.29, 1.82) is 0 Å². The van der Waals surface area contributed by atoms with Crippen LogP contribution in [0.25, 0.3) is 0 Å². The topological polar surface area (TPSA) is 71.3 Å². The van der Waals surface area contributed by atoms with Crippen molar-refractivity contribution in [2.75, 3.05) is 10.6 Å². The molecule has 2 aromatic rings. The highest BCUT2D eigenvalue weighted by molar-refractivity contribution is 5.95. The van der Waals surface area contributed by atoms with Crippen LogP contribution in [0.4, 0.5) is 11.4 Å². The van der Waals surface area contributed by atoms with Gasteiger partial charge in [-0.25, -0.2) is 0 Å². The zero-order valence-electron chi connectivity index (χ0n) is 13.7. The van der Waals surface area contributed by atoms with E-state index in [1.165, 1.54) is 0 Å². The van der Waals surface area contributed by atoms with E-state index in [4.69, 9.17) is 4.42 Å². The van der Waals surface area contributed by atoms with E-state index < -0.39 is 0 Å². The molecule has 0 saturated carbocycles. The maximum absolute atomic E-state index is 12.1. The molecule has 1 heterocycles. The minimum absolute atomic E-state index is 0.0519. The van der Waals surface area contributed by atoms with E-state index in [0.717, 1.165) is 11.3 Å². The van der Waals surface area contributed by atoms with Gasteiger partial charge >= 0.3 is 0 Å². The Labute approximate surface area is 136 Å². The third kappa shape index (κ3) is 4.98. The van der Waals surface area contributed by atoms with Crippen LogP contribution in [0.15, 0.2) is 41.0 Å². The predicted molar refractivity (Wildman–Crippen MR) is 90.3 cm³/mol. The maximum atomic E-state index is 12.1. The summed E-state index contributed by atoms with van der Waals surface area (Å²) < 4.78 is 5.22. The van der Waals surface area contributed by atoms with Crippen molar-refractivity contribution < 1.29 is 14.0 Å². The van der Waals surface area contributed by atoms with Crippen LogP contribution in [0.2, 0.25) is 0 Å². The van der Waals surface area contributed by atoms with Crippen LogP contribution in [-0.4, -0.2) is 11.8 Å². The number of benzene rings is 1. The first-order chi connectivity index (χ1) is 11.0. The molecule has 2 amide bonds. The fourth-order valence-electron chi connectivity index (χ4n) is 2.03. The molecule has 0 saturated heterocycles. The number of hydrogen-bond donors (Lipinski definition) is 2. The summed E-state index contributed by atoms with van der Waals surface area (Å²) in [4.78, 5) is 23.8. The lowest BCUT2D eigenvalue weighted by molar-refractivity contribution is -0.119. The normalized spacial score (nSPS) is 10.6. The molecular formula is C18H22N2O3. The number of anilines is 2. The van der Waals surface area contributed by atoms with E-state index in [0.29, 0.717) is 24.2 Å². The van der Waals surface area contributed by atoms with Gasteiger partial charge in [-0.15, -0.1) is 0 Å². The molecule has 0 atom stereocenters. The number of amides is 2. The third-order valence-corrected chi connectivity index (χ3v) is 3.48. The molecule has 1 aromatic carbocycles. The molecule has 5 heteroatoms. The second kappa shape index (κ2) is 7.63. The van der Waals surface area contributed by atoms with Gasteiger partial charge in [0, 0.05) is 30.1 Å². The fraction of sp³-hybridized carbons (Fsp3) is 0.333. The Kier molecular flexibility index (Phi) is 5.57. The smallest absolute Gasteiger partial charge is 0.226 e. The Hall–Kier alpha value is -2.56. The first-order valence-electron chi connectivity index (χ1n) is 7.69. The zero-order valence-corrected chi connectivity index (χ0v) is 13.7. The number of carbonyl (C=O) groups is 2. The van der Waals surface area contributed by atoms with Crippen molar-refractivity contribution in [3.05, 3.63) is 47.9 Å². The average molecular weight is 314 g/mol. The molecule has 2 N–H and O–H groups in total. The molecule has 0 bridgehead atoms. The molecule has 1 aromatic heterocycles. The van der Waals surface area contributed by atoms with Crippen LogP contribution in [0.3, 0.4) is 0 Å². The van der Waals surface area contributed by atoms with Crippen molar-refractivity contribution in [2.24, 2.45) is 5.92 Å². The fourth-order valence-corrected chi connectivity index (χ4v) is 2.03. The van der Waals surface area contributed by atoms with Gasteiger partial charge in [-0.2, -0.15) is 0 Å². The van der Waals surface area contributed by atoms with Crippen LogP contribution >= 0.6 is 0 Å². The van der Waals surface area contributed by atoms with Crippen LogP contribution in [0.5, 0.6) is 0 Å². The minimum atomic E-state index is -0.0948.